The molecular weight excluding hydrogens is 322 g/mol. The third-order valence-electron chi connectivity index (χ3n) is 4.90. The van der Waals surface area contributed by atoms with E-state index in [1.54, 1.807) is 0 Å². The van der Waals surface area contributed by atoms with Gasteiger partial charge in [0, 0.05) is 11.5 Å². The lowest BCUT2D eigenvalue weighted by Gasteiger charge is -2.12. The molecule has 5 rings (SSSR count). The van der Waals surface area contributed by atoms with Gasteiger partial charge in [-0.25, -0.2) is 4.52 Å². The Balaban J connectivity index is 1.74. The van der Waals surface area contributed by atoms with Gasteiger partial charge < -0.3 is 5.32 Å². The summed E-state index contributed by atoms with van der Waals surface area (Å²) in [4.78, 5) is 11.7. The molecule has 0 bridgehead atoms. The Labute approximate surface area is 144 Å². The topological polar surface area (TPSA) is 46.4 Å². The number of fused-ring (bicyclic) bond motifs is 2. The lowest BCUT2D eigenvalue weighted by Crippen LogP contribution is -2.03. The summed E-state index contributed by atoms with van der Waals surface area (Å²) >= 11 is 6.41. The zero-order valence-corrected chi connectivity index (χ0v) is 14.0. The SMILES string of the molecule is Cc1ccc2cc(C3CC3)nn2c1-c1cc(Cl)c2c(c1)CC(=O)N2. The van der Waals surface area contributed by atoms with Crippen molar-refractivity contribution in [2.75, 3.05) is 5.32 Å². The van der Waals surface area contributed by atoms with E-state index in [1.807, 2.05) is 10.6 Å². The van der Waals surface area contributed by atoms with Crippen LogP contribution in [-0.4, -0.2) is 15.5 Å². The van der Waals surface area contributed by atoms with Crippen LogP contribution in [0.15, 0.2) is 30.3 Å². The molecule has 2 aliphatic rings. The van der Waals surface area contributed by atoms with E-state index in [4.69, 9.17) is 16.7 Å². The quantitative estimate of drug-likeness (QED) is 0.756. The third kappa shape index (κ3) is 2.06. The van der Waals surface area contributed by atoms with Gasteiger partial charge in [0.2, 0.25) is 5.91 Å². The number of halogens is 1. The fourth-order valence-electron chi connectivity index (χ4n) is 3.53. The van der Waals surface area contributed by atoms with Crippen LogP contribution in [0.3, 0.4) is 0 Å². The summed E-state index contributed by atoms with van der Waals surface area (Å²) in [5, 5.41) is 8.25. The second kappa shape index (κ2) is 4.84. The first-order valence-electron chi connectivity index (χ1n) is 8.22. The monoisotopic (exact) mass is 337 g/mol. The van der Waals surface area contributed by atoms with E-state index in [0.717, 1.165) is 33.6 Å². The van der Waals surface area contributed by atoms with E-state index < -0.39 is 0 Å². The second-order valence-electron chi connectivity index (χ2n) is 6.76. The van der Waals surface area contributed by atoms with E-state index in [1.165, 1.54) is 18.5 Å². The van der Waals surface area contributed by atoms with Gasteiger partial charge in [-0.15, -0.1) is 0 Å². The molecule has 3 heterocycles. The molecule has 0 spiro atoms. The summed E-state index contributed by atoms with van der Waals surface area (Å²) in [6.45, 7) is 2.08. The van der Waals surface area contributed by atoms with Crippen molar-refractivity contribution in [2.24, 2.45) is 0 Å². The van der Waals surface area contributed by atoms with Crippen LogP contribution < -0.4 is 5.32 Å². The maximum Gasteiger partial charge on any atom is 0.228 e. The molecular formula is C19H16ClN3O. The van der Waals surface area contributed by atoms with Crippen molar-refractivity contribution >= 4 is 28.7 Å². The molecule has 5 heteroatoms. The zero-order chi connectivity index (χ0) is 16.4. The van der Waals surface area contributed by atoms with Crippen LogP contribution in [0.5, 0.6) is 0 Å². The number of carbonyl (C=O) groups is 1. The predicted octanol–water partition coefficient (Wildman–Crippen LogP) is 4.34. The first-order valence-corrected chi connectivity index (χ1v) is 8.60. The van der Waals surface area contributed by atoms with Gasteiger partial charge in [0.25, 0.3) is 0 Å². The molecule has 1 saturated carbocycles. The first-order chi connectivity index (χ1) is 11.6. The summed E-state index contributed by atoms with van der Waals surface area (Å²) < 4.78 is 2.02. The lowest BCUT2D eigenvalue weighted by atomic mass is 10.0. The summed E-state index contributed by atoms with van der Waals surface area (Å²) in [5.41, 5.74) is 7.16. The first kappa shape index (κ1) is 14.1. The molecule has 3 aromatic rings. The molecule has 1 fully saturated rings. The van der Waals surface area contributed by atoms with Crippen LogP contribution in [0.1, 0.15) is 35.6 Å². The van der Waals surface area contributed by atoms with Crippen LogP contribution in [0.2, 0.25) is 5.02 Å². The Bertz CT molecular complexity index is 1020. The number of nitrogens with zero attached hydrogens (tertiary/aromatic N) is 2. The molecule has 0 radical (unpaired) electrons. The number of hydrogen-bond acceptors (Lipinski definition) is 2. The Morgan fingerprint density at radius 2 is 2.08 bits per heavy atom. The highest BCUT2D eigenvalue weighted by atomic mass is 35.5. The lowest BCUT2D eigenvalue weighted by molar-refractivity contribution is -0.115. The standard InChI is InChI=1S/C19H16ClN3O/c1-10-2-5-14-9-16(11-3-4-11)22-23(14)19(10)13-6-12-8-17(24)21-18(12)15(20)7-13/h2,5-7,9,11H,3-4,8H2,1H3,(H,21,24). The van der Waals surface area contributed by atoms with Gasteiger partial charge in [-0.2, -0.15) is 5.10 Å². The van der Waals surface area contributed by atoms with Gasteiger partial charge in [0.05, 0.1) is 34.0 Å². The number of rotatable bonds is 2. The van der Waals surface area contributed by atoms with Crippen LogP contribution in [-0.2, 0) is 11.2 Å². The number of anilines is 1. The molecule has 4 nitrogen and oxygen atoms in total. The second-order valence-corrected chi connectivity index (χ2v) is 7.17. The number of benzene rings is 1. The molecule has 1 aromatic carbocycles. The van der Waals surface area contributed by atoms with Gasteiger partial charge in [-0.3, -0.25) is 4.79 Å². The van der Waals surface area contributed by atoms with E-state index in [-0.39, 0.29) is 5.91 Å². The van der Waals surface area contributed by atoms with Crippen LogP contribution in [0.25, 0.3) is 16.8 Å². The van der Waals surface area contributed by atoms with Gasteiger partial charge in [0.15, 0.2) is 0 Å². The van der Waals surface area contributed by atoms with Gasteiger partial charge in [0.1, 0.15) is 0 Å². The fourth-order valence-corrected chi connectivity index (χ4v) is 3.82. The number of nitrogens with one attached hydrogen (secondary N) is 1. The normalized spacial score (nSPS) is 16.5. The van der Waals surface area contributed by atoms with E-state index in [2.05, 4.69) is 36.5 Å². The highest BCUT2D eigenvalue weighted by Gasteiger charge is 2.27. The van der Waals surface area contributed by atoms with Crippen molar-refractivity contribution in [1.82, 2.24) is 9.61 Å². The Kier molecular flexibility index (Phi) is 2.83. The molecule has 0 unspecified atom stereocenters. The molecule has 1 aliphatic heterocycles. The third-order valence-corrected chi connectivity index (χ3v) is 5.20. The molecule has 0 saturated heterocycles. The van der Waals surface area contributed by atoms with Crippen LogP contribution in [0, 0.1) is 6.92 Å². The smallest absolute Gasteiger partial charge is 0.228 e. The van der Waals surface area contributed by atoms with Gasteiger partial charge >= 0.3 is 0 Å². The maximum absolute atomic E-state index is 11.7. The van der Waals surface area contributed by atoms with Crippen LogP contribution >= 0.6 is 11.6 Å². The molecule has 2 aromatic heterocycles. The Morgan fingerprint density at radius 1 is 1.25 bits per heavy atom. The van der Waals surface area contributed by atoms with E-state index in [0.29, 0.717) is 17.4 Å². The number of pyridine rings is 1. The average Bonchev–Trinajstić information content (AvgIpc) is 3.19. The average molecular weight is 338 g/mol. The van der Waals surface area contributed by atoms with Crippen molar-refractivity contribution in [2.45, 2.75) is 32.1 Å². The van der Waals surface area contributed by atoms with Gasteiger partial charge in [-0.1, -0.05) is 17.7 Å². The predicted molar refractivity (Wildman–Crippen MR) is 94.7 cm³/mol. The van der Waals surface area contributed by atoms with Crippen molar-refractivity contribution in [3.05, 3.63) is 52.2 Å². The summed E-state index contributed by atoms with van der Waals surface area (Å²) in [7, 11) is 0. The molecule has 1 amide bonds. The minimum atomic E-state index is -0.00547. The zero-order valence-electron chi connectivity index (χ0n) is 13.3. The molecule has 1 N–H and O–H groups in total. The fraction of sp³-hybridized carbons (Fsp3) is 0.263. The maximum atomic E-state index is 11.7. The van der Waals surface area contributed by atoms with E-state index in [9.17, 15) is 4.79 Å². The molecule has 1 aliphatic carbocycles. The number of amides is 1. The number of hydrogen-bond donors (Lipinski definition) is 1. The molecule has 24 heavy (non-hydrogen) atoms. The van der Waals surface area contributed by atoms with Crippen molar-refractivity contribution < 1.29 is 4.79 Å². The largest absolute Gasteiger partial charge is 0.324 e. The number of aryl methyl sites for hydroxylation is 1. The molecule has 0 atom stereocenters. The Morgan fingerprint density at radius 3 is 2.88 bits per heavy atom. The van der Waals surface area contributed by atoms with Gasteiger partial charge in [-0.05, 0) is 55.2 Å². The minimum Gasteiger partial charge on any atom is -0.324 e. The summed E-state index contributed by atoms with van der Waals surface area (Å²) in [5.74, 6) is 0.609. The van der Waals surface area contributed by atoms with Crippen molar-refractivity contribution in [3.63, 3.8) is 0 Å². The number of aromatic nitrogens is 2. The number of carbonyl (C=O) groups excluding carboxylic acids is 1. The minimum absolute atomic E-state index is 0.00547. The van der Waals surface area contributed by atoms with E-state index >= 15 is 0 Å². The van der Waals surface area contributed by atoms with Crippen LogP contribution in [0.4, 0.5) is 5.69 Å². The van der Waals surface area contributed by atoms with Crippen molar-refractivity contribution in [3.8, 4) is 11.3 Å². The summed E-state index contributed by atoms with van der Waals surface area (Å²) in [6, 6.07) is 10.4. The Hall–Kier alpha value is -2.33. The highest BCUT2D eigenvalue weighted by molar-refractivity contribution is 6.34. The summed E-state index contributed by atoms with van der Waals surface area (Å²) in [6.07, 6.45) is 2.84. The highest BCUT2D eigenvalue weighted by Crippen LogP contribution is 2.41. The molecule has 120 valence electrons. The van der Waals surface area contributed by atoms with Crippen molar-refractivity contribution in [1.29, 1.82) is 0 Å².